The summed E-state index contributed by atoms with van der Waals surface area (Å²) in [6.07, 6.45) is 6.43. The summed E-state index contributed by atoms with van der Waals surface area (Å²) in [5.41, 5.74) is 2.36. The van der Waals surface area contributed by atoms with Crippen LogP contribution < -0.4 is 0 Å². The van der Waals surface area contributed by atoms with Crippen LogP contribution in [0, 0.1) is 18.2 Å². The molecule has 1 saturated carbocycles. The highest BCUT2D eigenvalue weighted by Crippen LogP contribution is 2.54. The van der Waals surface area contributed by atoms with E-state index in [1.54, 1.807) is 6.07 Å². The first-order valence-corrected chi connectivity index (χ1v) is 7.41. The molecule has 1 aliphatic carbocycles. The Morgan fingerprint density at radius 2 is 2.00 bits per heavy atom. The molecule has 0 amide bonds. The van der Waals surface area contributed by atoms with Gasteiger partial charge in [0.15, 0.2) is 0 Å². The molecule has 0 radical (unpaired) electrons. The van der Waals surface area contributed by atoms with Crippen LogP contribution in [0.5, 0.6) is 0 Å². The van der Waals surface area contributed by atoms with Crippen molar-refractivity contribution >= 4 is 15.9 Å². The molecule has 1 atom stereocenters. The average molecular weight is 299 g/mol. The number of alkyl halides is 1. The van der Waals surface area contributed by atoms with Gasteiger partial charge in [-0.05, 0) is 48.8 Å². The second-order valence-corrected chi connectivity index (χ2v) is 6.21. The SMILES string of the molecule is CCC1(C(Br)c2ccc(F)c(C)c2)CCCC1. The molecule has 0 aromatic heterocycles. The summed E-state index contributed by atoms with van der Waals surface area (Å²) in [6, 6.07) is 5.51. The first-order chi connectivity index (χ1) is 8.09. The molecule has 0 spiro atoms. The Labute approximate surface area is 112 Å². The number of hydrogen-bond acceptors (Lipinski definition) is 0. The minimum atomic E-state index is -0.106. The molecule has 1 aliphatic rings. The van der Waals surface area contributed by atoms with E-state index in [0.717, 1.165) is 5.56 Å². The zero-order chi connectivity index (χ0) is 12.5. The van der Waals surface area contributed by atoms with Crippen LogP contribution in [0.25, 0.3) is 0 Å². The molecule has 17 heavy (non-hydrogen) atoms. The zero-order valence-electron chi connectivity index (χ0n) is 10.6. The van der Waals surface area contributed by atoms with Crippen LogP contribution in [-0.2, 0) is 0 Å². The van der Waals surface area contributed by atoms with E-state index in [1.165, 1.54) is 37.7 Å². The van der Waals surface area contributed by atoms with Gasteiger partial charge in [0.2, 0.25) is 0 Å². The number of hydrogen-bond donors (Lipinski definition) is 0. The fraction of sp³-hybridized carbons (Fsp3) is 0.600. The van der Waals surface area contributed by atoms with E-state index >= 15 is 0 Å². The minimum Gasteiger partial charge on any atom is -0.207 e. The molecule has 2 heteroatoms. The van der Waals surface area contributed by atoms with Gasteiger partial charge in [0, 0.05) is 4.83 Å². The first-order valence-electron chi connectivity index (χ1n) is 6.49. The Morgan fingerprint density at radius 3 is 2.53 bits per heavy atom. The maximum Gasteiger partial charge on any atom is 0.126 e. The third-order valence-electron chi connectivity index (χ3n) is 4.32. The standard InChI is InChI=1S/C15H20BrF/c1-3-15(8-4-5-9-15)14(16)12-6-7-13(17)11(2)10-12/h6-7,10,14H,3-5,8-9H2,1-2H3. The lowest BCUT2D eigenvalue weighted by atomic mass is 9.77. The maximum absolute atomic E-state index is 13.3. The highest BCUT2D eigenvalue weighted by Gasteiger charge is 2.39. The van der Waals surface area contributed by atoms with Crippen LogP contribution in [-0.4, -0.2) is 0 Å². The van der Waals surface area contributed by atoms with Gasteiger partial charge in [-0.15, -0.1) is 0 Å². The van der Waals surface area contributed by atoms with Gasteiger partial charge in [-0.3, -0.25) is 0 Å². The Kier molecular flexibility index (Phi) is 3.92. The summed E-state index contributed by atoms with van der Waals surface area (Å²) in [5, 5.41) is 0. The van der Waals surface area contributed by atoms with E-state index in [-0.39, 0.29) is 5.82 Å². The average Bonchev–Trinajstić information content (AvgIpc) is 2.81. The molecule has 0 aliphatic heterocycles. The Hall–Kier alpha value is -0.370. The van der Waals surface area contributed by atoms with E-state index in [4.69, 9.17) is 0 Å². The lowest BCUT2D eigenvalue weighted by molar-refractivity contribution is 0.279. The largest absolute Gasteiger partial charge is 0.207 e. The van der Waals surface area contributed by atoms with Gasteiger partial charge in [0.1, 0.15) is 5.82 Å². The Bertz CT molecular complexity index is 394. The monoisotopic (exact) mass is 298 g/mol. The predicted octanol–water partition coefficient (Wildman–Crippen LogP) is 5.54. The van der Waals surface area contributed by atoms with Gasteiger partial charge in [-0.1, -0.05) is 47.8 Å². The van der Waals surface area contributed by atoms with Gasteiger partial charge < -0.3 is 0 Å². The molecular weight excluding hydrogens is 279 g/mol. The summed E-state index contributed by atoms with van der Waals surface area (Å²) >= 11 is 3.87. The molecule has 1 unspecified atom stereocenters. The molecule has 1 fully saturated rings. The van der Waals surface area contributed by atoms with E-state index in [9.17, 15) is 4.39 Å². The Balaban J connectivity index is 2.29. The van der Waals surface area contributed by atoms with Crippen molar-refractivity contribution in [3.05, 3.63) is 35.1 Å². The maximum atomic E-state index is 13.3. The number of benzene rings is 1. The van der Waals surface area contributed by atoms with Crippen LogP contribution in [0.15, 0.2) is 18.2 Å². The Morgan fingerprint density at radius 1 is 1.35 bits per heavy atom. The van der Waals surface area contributed by atoms with Gasteiger partial charge >= 0.3 is 0 Å². The summed E-state index contributed by atoms with van der Waals surface area (Å²) < 4.78 is 13.3. The lowest BCUT2D eigenvalue weighted by Crippen LogP contribution is -2.21. The van der Waals surface area contributed by atoms with E-state index in [1.807, 2.05) is 19.1 Å². The quantitative estimate of drug-likeness (QED) is 0.643. The van der Waals surface area contributed by atoms with E-state index in [0.29, 0.717) is 10.2 Å². The molecule has 0 heterocycles. The van der Waals surface area contributed by atoms with Crippen LogP contribution in [0.3, 0.4) is 0 Å². The third-order valence-corrected chi connectivity index (χ3v) is 5.82. The van der Waals surface area contributed by atoms with Crippen molar-refractivity contribution in [3.63, 3.8) is 0 Å². The fourth-order valence-electron chi connectivity index (χ4n) is 3.04. The molecule has 0 nitrogen and oxygen atoms in total. The minimum absolute atomic E-state index is 0.106. The first kappa shape index (κ1) is 13.1. The molecule has 2 rings (SSSR count). The van der Waals surface area contributed by atoms with E-state index < -0.39 is 0 Å². The molecule has 0 saturated heterocycles. The molecule has 1 aromatic rings. The van der Waals surface area contributed by atoms with Crippen molar-refractivity contribution in [1.29, 1.82) is 0 Å². The fourth-order valence-corrected chi connectivity index (χ4v) is 4.11. The number of halogens is 2. The van der Waals surface area contributed by atoms with Crippen molar-refractivity contribution in [2.45, 2.75) is 50.8 Å². The van der Waals surface area contributed by atoms with Crippen molar-refractivity contribution in [1.82, 2.24) is 0 Å². The van der Waals surface area contributed by atoms with Crippen LogP contribution in [0.4, 0.5) is 4.39 Å². The van der Waals surface area contributed by atoms with E-state index in [2.05, 4.69) is 22.9 Å². The zero-order valence-corrected chi connectivity index (χ0v) is 12.2. The molecule has 0 bridgehead atoms. The smallest absolute Gasteiger partial charge is 0.126 e. The summed E-state index contributed by atoms with van der Waals surface area (Å²) in [7, 11) is 0. The van der Waals surface area contributed by atoms with Crippen molar-refractivity contribution < 1.29 is 4.39 Å². The van der Waals surface area contributed by atoms with Gasteiger partial charge in [0.25, 0.3) is 0 Å². The van der Waals surface area contributed by atoms with Crippen molar-refractivity contribution in [2.24, 2.45) is 5.41 Å². The van der Waals surface area contributed by atoms with Crippen LogP contribution in [0.1, 0.15) is 55.0 Å². The van der Waals surface area contributed by atoms with Crippen molar-refractivity contribution in [2.75, 3.05) is 0 Å². The molecule has 0 N–H and O–H groups in total. The summed E-state index contributed by atoms with van der Waals surface area (Å²) in [4.78, 5) is 0.363. The lowest BCUT2D eigenvalue weighted by Gasteiger charge is -2.33. The second kappa shape index (κ2) is 5.09. The van der Waals surface area contributed by atoms with Crippen LogP contribution >= 0.6 is 15.9 Å². The highest BCUT2D eigenvalue weighted by molar-refractivity contribution is 9.09. The van der Waals surface area contributed by atoms with Gasteiger partial charge in [-0.2, -0.15) is 0 Å². The van der Waals surface area contributed by atoms with Gasteiger partial charge in [-0.25, -0.2) is 4.39 Å². The highest BCUT2D eigenvalue weighted by atomic mass is 79.9. The van der Waals surface area contributed by atoms with Gasteiger partial charge in [0.05, 0.1) is 0 Å². The predicted molar refractivity (Wildman–Crippen MR) is 74.0 cm³/mol. The molecular formula is C15H20BrF. The number of aryl methyl sites for hydroxylation is 1. The molecule has 1 aromatic carbocycles. The topological polar surface area (TPSA) is 0 Å². The van der Waals surface area contributed by atoms with Crippen molar-refractivity contribution in [3.8, 4) is 0 Å². The van der Waals surface area contributed by atoms with Crippen LogP contribution in [0.2, 0.25) is 0 Å². The third kappa shape index (κ3) is 2.42. The normalized spacial score (nSPS) is 20.5. The summed E-state index contributed by atoms with van der Waals surface area (Å²) in [6.45, 7) is 4.11. The molecule has 94 valence electrons. The summed E-state index contributed by atoms with van der Waals surface area (Å²) in [5.74, 6) is -0.106. The number of rotatable bonds is 3. The second-order valence-electron chi connectivity index (χ2n) is 5.29.